The molecular formula is C16H13FO2. The van der Waals surface area contributed by atoms with Crippen molar-refractivity contribution in [3.8, 4) is 0 Å². The number of aliphatic hydroxyl groups is 1. The molecule has 0 aromatic heterocycles. The molecule has 2 nitrogen and oxygen atoms in total. The first-order chi connectivity index (χ1) is 9.06. The van der Waals surface area contributed by atoms with Crippen LogP contribution in [0.4, 0.5) is 4.39 Å². The van der Waals surface area contributed by atoms with Gasteiger partial charge in [0.1, 0.15) is 6.10 Å². The summed E-state index contributed by atoms with van der Waals surface area (Å²) in [6.45, 7) is 1.74. The highest BCUT2D eigenvalue weighted by Crippen LogP contribution is 2.49. The number of aryl methyl sites for hydroxylation is 1. The zero-order chi connectivity index (χ0) is 13.6. The Bertz CT molecular complexity index is 665. The average molecular weight is 256 g/mol. The van der Waals surface area contributed by atoms with Crippen LogP contribution >= 0.6 is 0 Å². The van der Waals surface area contributed by atoms with Gasteiger partial charge in [-0.05, 0) is 18.1 Å². The Labute approximate surface area is 110 Å². The van der Waals surface area contributed by atoms with Crippen LogP contribution in [0.3, 0.4) is 0 Å². The van der Waals surface area contributed by atoms with Crippen LogP contribution in [-0.2, 0) is 5.67 Å². The molecule has 1 aliphatic rings. The molecule has 1 aliphatic carbocycles. The normalized spacial score (nSPS) is 25.4. The molecule has 19 heavy (non-hydrogen) atoms. The predicted molar refractivity (Wildman–Crippen MR) is 69.7 cm³/mol. The number of carbonyl (C=O) groups excluding carboxylic acids is 1. The summed E-state index contributed by atoms with van der Waals surface area (Å²) in [5.74, 6) is -0.662. The van der Waals surface area contributed by atoms with E-state index in [2.05, 4.69) is 0 Å². The zero-order valence-electron chi connectivity index (χ0n) is 10.4. The number of alkyl halides is 1. The van der Waals surface area contributed by atoms with Gasteiger partial charge in [-0.15, -0.1) is 0 Å². The monoisotopic (exact) mass is 256 g/mol. The maximum Gasteiger partial charge on any atom is 0.228 e. The number of Topliss-reactive ketones (excluding diaryl/α,β-unsaturated/α-hetero) is 1. The lowest BCUT2D eigenvalue weighted by Gasteiger charge is -2.24. The van der Waals surface area contributed by atoms with E-state index in [-0.39, 0.29) is 11.1 Å². The molecule has 0 aliphatic heterocycles. The predicted octanol–water partition coefficient (Wildman–Crippen LogP) is 3.09. The van der Waals surface area contributed by atoms with Crippen LogP contribution < -0.4 is 0 Å². The molecule has 1 N–H and O–H groups in total. The minimum atomic E-state index is -2.38. The number of hydrogen-bond acceptors (Lipinski definition) is 2. The summed E-state index contributed by atoms with van der Waals surface area (Å²) in [6.07, 6.45) is -1.45. The Balaban J connectivity index is 2.23. The SMILES string of the molecule is Cc1ccccc1C1(F)C(=O)c2ccccc2C1O. The van der Waals surface area contributed by atoms with Gasteiger partial charge in [0.05, 0.1) is 0 Å². The van der Waals surface area contributed by atoms with E-state index in [1.54, 1.807) is 55.5 Å². The van der Waals surface area contributed by atoms with E-state index >= 15 is 4.39 Å². The van der Waals surface area contributed by atoms with E-state index in [0.717, 1.165) is 0 Å². The lowest BCUT2D eigenvalue weighted by atomic mass is 9.87. The average Bonchev–Trinajstić information content (AvgIpc) is 2.63. The van der Waals surface area contributed by atoms with Crippen LogP contribution in [0.5, 0.6) is 0 Å². The van der Waals surface area contributed by atoms with Crippen LogP contribution in [0.1, 0.15) is 33.2 Å². The first kappa shape index (κ1) is 12.1. The van der Waals surface area contributed by atoms with E-state index < -0.39 is 17.6 Å². The molecule has 3 heteroatoms. The van der Waals surface area contributed by atoms with Crippen molar-refractivity contribution in [3.05, 3.63) is 70.8 Å². The molecule has 0 saturated carbocycles. The molecule has 3 rings (SSSR count). The minimum Gasteiger partial charge on any atom is -0.384 e. The lowest BCUT2D eigenvalue weighted by molar-refractivity contribution is 0.00714. The number of benzene rings is 2. The van der Waals surface area contributed by atoms with Gasteiger partial charge in [0.2, 0.25) is 11.5 Å². The van der Waals surface area contributed by atoms with Crippen molar-refractivity contribution >= 4 is 5.78 Å². The number of aliphatic hydroxyl groups excluding tert-OH is 1. The van der Waals surface area contributed by atoms with Gasteiger partial charge in [0, 0.05) is 11.1 Å². The van der Waals surface area contributed by atoms with Gasteiger partial charge in [0.15, 0.2) is 0 Å². The summed E-state index contributed by atoms with van der Waals surface area (Å²) in [5, 5.41) is 10.3. The first-order valence-electron chi connectivity index (χ1n) is 6.13. The van der Waals surface area contributed by atoms with Crippen molar-refractivity contribution in [3.63, 3.8) is 0 Å². The number of rotatable bonds is 1. The van der Waals surface area contributed by atoms with Crippen LogP contribution in [0.15, 0.2) is 48.5 Å². The molecule has 0 amide bonds. The molecule has 0 fully saturated rings. The third kappa shape index (κ3) is 1.48. The Kier molecular flexibility index (Phi) is 2.54. The molecule has 2 aromatic carbocycles. The second-order valence-electron chi connectivity index (χ2n) is 4.85. The van der Waals surface area contributed by atoms with Crippen molar-refractivity contribution in [2.24, 2.45) is 0 Å². The van der Waals surface area contributed by atoms with E-state index in [0.29, 0.717) is 11.1 Å². The third-order valence-corrected chi connectivity index (χ3v) is 3.74. The maximum atomic E-state index is 15.3. The molecule has 0 bridgehead atoms. The highest BCUT2D eigenvalue weighted by molar-refractivity contribution is 6.08. The summed E-state index contributed by atoms with van der Waals surface area (Å²) in [7, 11) is 0. The number of ketones is 1. The largest absolute Gasteiger partial charge is 0.384 e. The van der Waals surface area contributed by atoms with E-state index in [4.69, 9.17) is 0 Å². The van der Waals surface area contributed by atoms with Crippen molar-refractivity contribution in [1.29, 1.82) is 0 Å². The zero-order valence-corrected chi connectivity index (χ0v) is 10.4. The Morgan fingerprint density at radius 2 is 1.74 bits per heavy atom. The summed E-state index contributed by atoms with van der Waals surface area (Å²) in [4.78, 5) is 12.3. The van der Waals surface area contributed by atoms with Crippen molar-refractivity contribution in [2.45, 2.75) is 18.7 Å². The quantitative estimate of drug-likeness (QED) is 0.851. The fourth-order valence-corrected chi connectivity index (χ4v) is 2.73. The van der Waals surface area contributed by atoms with E-state index in [1.165, 1.54) is 0 Å². The second kappa shape index (κ2) is 4.00. The number of hydrogen-bond donors (Lipinski definition) is 1. The number of fused-ring (bicyclic) bond motifs is 1. The summed E-state index contributed by atoms with van der Waals surface area (Å²) < 4.78 is 15.3. The van der Waals surface area contributed by atoms with Gasteiger partial charge in [-0.25, -0.2) is 4.39 Å². The standard InChI is InChI=1S/C16H13FO2/c1-10-6-2-5-9-13(10)16(17)14(18)11-7-3-4-8-12(11)15(16)19/h2-9,14,18H,1H3. The van der Waals surface area contributed by atoms with Gasteiger partial charge >= 0.3 is 0 Å². The van der Waals surface area contributed by atoms with E-state index in [1.807, 2.05) is 0 Å². The minimum absolute atomic E-state index is 0.240. The molecular weight excluding hydrogens is 243 g/mol. The third-order valence-electron chi connectivity index (χ3n) is 3.74. The summed E-state index contributed by atoms with van der Waals surface area (Å²) in [5.41, 5.74) is -0.859. The van der Waals surface area contributed by atoms with Crippen LogP contribution in [0.25, 0.3) is 0 Å². The van der Waals surface area contributed by atoms with Crippen LogP contribution in [0.2, 0.25) is 0 Å². The molecule has 0 heterocycles. The molecule has 2 aromatic rings. The van der Waals surface area contributed by atoms with Crippen LogP contribution in [0, 0.1) is 6.92 Å². The lowest BCUT2D eigenvalue weighted by Crippen LogP contribution is -2.32. The molecule has 0 saturated heterocycles. The Morgan fingerprint density at radius 1 is 1.11 bits per heavy atom. The van der Waals surface area contributed by atoms with Gasteiger partial charge < -0.3 is 5.11 Å². The highest BCUT2D eigenvalue weighted by atomic mass is 19.1. The molecule has 0 spiro atoms. The fraction of sp³-hybridized carbons (Fsp3) is 0.188. The van der Waals surface area contributed by atoms with Gasteiger partial charge in [0.25, 0.3) is 0 Å². The molecule has 0 radical (unpaired) electrons. The van der Waals surface area contributed by atoms with Crippen molar-refractivity contribution < 1.29 is 14.3 Å². The second-order valence-corrected chi connectivity index (χ2v) is 4.85. The number of carbonyl (C=O) groups is 1. The van der Waals surface area contributed by atoms with Crippen LogP contribution in [-0.4, -0.2) is 10.9 Å². The van der Waals surface area contributed by atoms with Gasteiger partial charge in [-0.2, -0.15) is 0 Å². The molecule has 2 unspecified atom stereocenters. The fourth-order valence-electron chi connectivity index (χ4n) is 2.73. The maximum absolute atomic E-state index is 15.3. The van der Waals surface area contributed by atoms with Gasteiger partial charge in [-0.3, -0.25) is 4.79 Å². The molecule has 2 atom stereocenters. The molecule has 96 valence electrons. The van der Waals surface area contributed by atoms with Crippen molar-refractivity contribution in [1.82, 2.24) is 0 Å². The summed E-state index contributed by atoms with van der Waals surface area (Å²) in [6, 6.07) is 13.3. The topological polar surface area (TPSA) is 37.3 Å². The first-order valence-corrected chi connectivity index (χ1v) is 6.13. The Morgan fingerprint density at radius 3 is 2.42 bits per heavy atom. The van der Waals surface area contributed by atoms with Crippen molar-refractivity contribution in [2.75, 3.05) is 0 Å². The number of halogens is 1. The van der Waals surface area contributed by atoms with E-state index in [9.17, 15) is 9.90 Å². The van der Waals surface area contributed by atoms with Gasteiger partial charge in [-0.1, -0.05) is 48.5 Å². The Hall–Kier alpha value is -2.00. The highest BCUT2D eigenvalue weighted by Gasteiger charge is 2.55. The smallest absolute Gasteiger partial charge is 0.228 e. The summed E-state index contributed by atoms with van der Waals surface area (Å²) >= 11 is 0.